The molecule has 0 bridgehead atoms. The summed E-state index contributed by atoms with van der Waals surface area (Å²) in [5, 5.41) is 3.42. The second-order valence-electron chi connectivity index (χ2n) is 3.90. The number of hydrogen-bond donors (Lipinski definition) is 1. The summed E-state index contributed by atoms with van der Waals surface area (Å²) in [6.45, 7) is 0.766. The summed E-state index contributed by atoms with van der Waals surface area (Å²) >= 11 is 1.75. The van der Waals surface area contributed by atoms with Gasteiger partial charge < -0.3 is 10.1 Å². The standard InChI is InChI=1S/C15H17NOS/c1-17-15-9-4-3-6-12(15)11-16-13-7-5-8-14(10-13)18-2/h3-10,16H,11H2,1-2H3. The second kappa shape index (κ2) is 6.36. The summed E-state index contributed by atoms with van der Waals surface area (Å²) in [5.74, 6) is 0.922. The Morgan fingerprint density at radius 1 is 1.11 bits per heavy atom. The fourth-order valence-electron chi connectivity index (χ4n) is 1.78. The van der Waals surface area contributed by atoms with E-state index in [4.69, 9.17) is 4.74 Å². The topological polar surface area (TPSA) is 21.3 Å². The van der Waals surface area contributed by atoms with E-state index in [0.717, 1.165) is 23.5 Å². The van der Waals surface area contributed by atoms with Crippen molar-refractivity contribution in [2.24, 2.45) is 0 Å². The molecule has 0 heterocycles. The van der Waals surface area contributed by atoms with Crippen LogP contribution in [0.25, 0.3) is 0 Å². The van der Waals surface area contributed by atoms with Crippen LogP contribution >= 0.6 is 11.8 Å². The molecule has 94 valence electrons. The molecule has 2 rings (SSSR count). The van der Waals surface area contributed by atoms with Gasteiger partial charge in [-0.05, 0) is 30.5 Å². The zero-order valence-corrected chi connectivity index (χ0v) is 11.5. The van der Waals surface area contributed by atoms with Crippen LogP contribution in [0.2, 0.25) is 0 Å². The van der Waals surface area contributed by atoms with Crippen LogP contribution in [0.3, 0.4) is 0 Å². The van der Waals surface area contributed by atoms with Crippen molar-refractivity contribution >= 4 is 17.4 Å². The molecule has 0 aliphatic carbocycles. The minimum atomic E-state index is 0.766. The van der Waals surface area contributed by atoms with Crippen LogP contribution in [0.15, 0.2) is 53.4 Å². The molecule has 0 saturated carbocycles. The van der Waals surface area contributed by atoms with Gasteiger partial charge in [0.25, 0.3) is 0 Å². The maximum atomic E-state index is 5.33. The van der Waals surface area contributed by atoms with Gasteiger partial charge >= 0.3 is 0 Å². The third-order valence-electron chi connectivity index (χ3n) is 2.75. The van der Waals surface area contributed by atoms with Crippen molar-refractivity contribution in [3.63, 3.8) is 0 Å². The smallest absolute Gasteiger partial charge is 0.123 e. The van der Waals surface area contributed by atoms with Gasteiger partial charge in [0, 0.05) is 22.7 Å². The van der Waals surface area contributed by atoms with E-state index < -0.39 is 0 Å². The Balaban J connectivity index is 2.06. The molecule has 2 aromatic rings. The minimum Gasteiger partial charge on any atom is -0.496 e. The van der Waals surface area contributed by atoms with Crippen molar-refractivity contribution in [1.29, 1.82) is 0 Å². The predicted molar refractivity (Wildman–Crippen MR) is 78.5 cm³/mol. The maximum absolute atomic E-state index is 5.33. The molecule has 0 unspecified atom stereocenters. The van der Waals surface area contributed by atoms with E-state index in [-0.39, 0.29) is 0 Å². The fourth-order valence-corrected chi connectivity index (χ4v) is 2.24. The van der Waals surface area contributed by atoms with E-state index in [1.165, 1.54) is 4.90 Å². The van der Waals surface area contributed by atoms with Gasteiger partial charge in [0.15, 0.2) is 0 Å². The number of para-hydroxylation sites is 1. The third-order valence-corrected chi connectivity index (χ3v) is 3.47. The molecule has 18 heavy (non-hydrogen) atoms. The highest BCUT2D eigenvalue weighted by molar-refractivity contribution is 7.98. The van der Waals surface area contributed by atoms with Crippen LogP contribution in [0.1, 0.15) is 5.56 Å². The summed E-state index contributed by atoms with van der Waals surface area (Å²) in [7, 11) is 1.70. The average molecular weight is 259 g/mol. The van der Waals surface area contributed by atoms with Gasteiger partial charge in [0.05, 0.1) is 7.11 Å². The minimum absolute atomic E-state index is 0.766. The lowest BCUT2D eigenvalue weighted by Crippen LogP contribution is -2.01. The Morgan fingerprint density at radius 3 is 2.72 bits per heavy atom. The number of anilines is 1. The van der Waals surface area contributed by atoms with Crippen molar-refractivity contribution in [2.45, 2.75) is 11.4 Å². The Kier molecular flexibility index (Phi) is 4.53. The lowest BCUT2D eigenvalue weighted by Gasteiger charge is -2.11. The van der Waals surface area contributed by atoms with Crippen LogP contribution < -0.4 is 10.1 Å². The van der Waals surface area contributed by atoms with Crippen LogP contribution in [0.5, 0.6) is 5.75 Å². The Labute approximate surface area is 112 Å². The molecule has 0 aromatic heterocycles. The zero-order chi connectivity index (χ0) is 12.8. The molecule has 1 N–H and O–H groups in total. The molecule has 0 atom stereocenters. The van der Waals surface area contributed by atoms with Crippen molar-refractivity contribution in [2.75, 3.05) is 18.7 Å². The second-order valence-corrected chi connectivity index (χ2v) is 4.78. The predicted octanol–water partition coefficient (Wildman–Crippen LogP) is 4.03. The quantitative estimate of drug-likeness (QED) is 0.819. The van der Waals surface area contributed by atoms with Crippen LogP contribution in [-0.4, -0.2) is 13.4 Å². The highest BCUT2D eigenvalue weighted by atomic mass is 32.2. The van der Waals surface area contributed by atoms with Crippen molar-refractivity contribution in [1.82, 2.24) is 0 Å². The molecular formula is C15H17NOS. The molecule has 0 amide bonds. The Hall–Kier alpha value is -1.61. The van der Waals surface area contributed by atoms with Gasteiger partial charge in [0.1, 0.15) is 5.75 Å². The third kappa shape index (κ3) is 3.20. The number of methoxy groups -OCH3 is 1. The maximum Gasteiger partial charge on any atom is 0.123 e. The number of nitrogens with one attached hydrogen (secondary N) is 1. The first-order chi connectivity index (χ1) is 8.83. The normalized spacial score (nSPS) is 10.1. The van der Waals surface area contributed by atoms with Crippen LogP contribution in [-0.2, 0) is 6.54 Å². The Morgan fingerprint density at radius 2 is 1.94 bits per heavy atom. The van der Waals surface area contributed by atoms with Gasteiger partial charge in [-0.25, -0.2) is 0 Å². The molecular weight excluding hydrogens is 242 g/mol. The van der Waals surface area contributed by atoms with E-state index in [2.05, 4.69) is 41.9 Å². The highest BCUT2D eigenvalue weighted by Crippen LogP contribution is 2.21. The van der Waals surface area contributed by atoms with Gasteiger partial charge in [0.2, 0.25) is 0 Å². The molecule has 3 heteroatoms. The number of rotatable bonds is 5. The molecule has 0 radical (unpaired) electrons. The number of hydrogen-bond acceptors (Lipinski definition) is 3. The first-order valence-corrected chi connectivity index (χ1v) is 7.06. The monoisotopic (exact) mass is 259 g/mol. The van der Waals surface area contributed by atoms with Gasteiger partial charge in [-0.1, -0.05) is 24.3 Å². The number of ether oxygens (including phenoxy) is 1. The van der Waals surface area contributed by atoms with Crippen LogP contribution in [0, 0.1) is 0 Å². The van der Waals surface area contributed by atoms with Gasteiger partial charge in [-0.2, -0.15) is 0 Å². The number of thioether (sulfide) groups is 1. The van der Waals surface area contributed by atoms with Gasteiger partial charge in [-0.15, -0.1) is 11.8 Å². The molecule has 0 fully saturated rings. The average Bonchev–Trinajstić information content (AvgIpc) is 2.45. The summed E-state index contributed by atoms with van der Waals surface area (Å²) in [6.07, 6.45) is 2.08. The summed E-state index contributed by atoms with van der Waals surface area (Å²) in [4.78, 5) is 1.26. The SMILES string of the molecule is COc1ccccc1CNc1cccc(SC)c1. The fraction of sp³-hybridized carbons (Fsp3) is 0.200. The molecule has 0 aliphatic rings. The Bertz CT molecular complexity index is 513. The van der Waals surface area contributed by atoms with E-state index in [1.54, 1.807) is 18.9 Å². The molecule has 0 aliphatic heterocycles. The summed E-state index contributed by atoms with van der Waals surface area (Å²) < 4.78 is 5.33. The van der Waals surface area contributed by atoms with E-state index >= 15 is 0 Å². The first kappa shape index (κ1) is 12.8. The molecule has 2 nitrogen and oxygen atoms in total. The lowest BCUT2D eigenvalue weighted by atomic mass is 10.2. The molecule has 2 aromatic carbocycles. The molecule has 0 spiro atoms. The first-order valence-electron chi connectivity index (χ1n) is 5.83. The van der Waals surface area contributed by atoms with Crippen molar-refractivity contribution in [3.8, 4) is 5.75 Å². The zero-order valence-electron chi connectivity index (χ0n) is 10.6. The van der Waals surface area contributed by atoms with Crippen LogP contribution in [0.4, 0.5) is 5.69 Å². The van der Waals surface area contributed by atoms with Crippen molar-refractivity contribution < 1.29 is 4.74 Å². The largest absolute Gasteiger partial charge is 0.496 e. The summed E-state index contributed by atoms with van der Waals surface area (Å²) in [6, 6.07) is 16.5. The van der Waals surface area contributed by atoms with E-state index in [1.807, 2.05) is 18.2 Å². The van der Waals surface area contributed by atoms with E-state index in [0.29, 0.717) is 0 Å². The van der Waals surface area contributed by atoms with Crippen molar-refractivity contribution in [3.05, 3.63) is 54.1 Å². The van der Waals surface area contributed by atoms with E-state index in [9.17, 15) is 0 Å². The van der Waals surface area contributed by atoms with Gasteiger partial charge in [-0.3, -0.25) is 0 Å². The highest BCUT2D eigenvalue weighted by Gasteiger charge is 2.01. The molecule has 0 saturated heterocycles. The number of benzene rings is 2. The lowest BCUT2D eigenvalue weighted by molar-refractivity contribution is 0.410. The summed E-state index contributed by atoms with van der Waals surface area (Å²) in [5.41, 5.74) is 2.29.